The fraction of sp³-hybridized carbons (Fsp3) is 0.571. The Balaban J connectivity index is 2.23. The maximum absolute atomic E-state index is 4.36. The third-order valence-corrected chi connectivity index (χ3v) is 1.72. The predicted octanol–water partition coefficient (Wildman–Crippen LogP) is -0.141. The molecule has 0 radical (unpaired) electrons. The van der Waals surface area contributed by atoms with Crippen LogP contribution in [0.15, 0.2) is 15.0 Å². The molecule has 0 aromatic heterocycles. The van der Waals surface area contributed by atoms with Crippen LogP contribution in [0.4, 0.5) is 0 Å². The Bertz CT molecular complexity index is 229. The molecule has 2 rings (SSSR count). The molecule has 1 unspecified atom stereocenters. The molecular formula is C7H10N4. The molecule has 1 atom stereocenters. The molecule has 58 valence electrons. The van der Waals surface area contributed by atoms with Crippen molar-refractivity contribution < 1.29 is 0 Å². The average Bonchev–Trinajstić information content (AvgIpc) is 2.28. The lowest BCUT2D eigenvalue weighted by Crippen LogP contribution is -2.39. The van der Waals surface area contributed by atoms with E-state index in [4.69, 9.17) is 0 Å². The zero-order chi connectivity index (χ0) is 7.52. The predicted molar refractivity (Wildman–Crippen MR) is 45.7 cm³/mol. The number of aliphatic imine (C=N–C) groups is 3. The summed E-state index contributed by atoms with van der Waals surface area (Å²) in [5.41, 5.74) is 1.06. The number of nitrogens with zero attached hydrogens (tertiary/aromatic N) is 3. The Kier molecular flexibility index (Phi) is 1.67. The molecule has 1 N–H and O–H groups in total. The summed E-state index contributed by atoms with van der Waals surface area (Å²) in [6.45, 7) is 1.56. The van der Waals surface area contributed by atoms with E-state index in [0.717, 1.165) is 18.7 Å². The molecule has 0 bridgehead atoms. The van der Waals surface area contributed by atoms with E-state index in [9.17, 15) is 0 Å². The van der Waals surface area contributed by atoms with Crippen molar-refractivity contribution in [3.63, 3.8) is 0 Å². The maximum atomic E-state index is 4.36. The molecule has 11 heavy (non-hydrogen) atoms. The summed E-state index contributed by atoms with van der Waals surface area (Å²) in [5.74, 6) is 0. The second kappa shape index (κ2) is 2.82. The molecule has 0 aromatic carbocycles. The summed E-state index contributed by atoms with van der Waals surface area (Å²) in [7, 11) is 0. The van der Waals surface area contributed by atoms with Crippen LogP contribution < -0.4 is 5.32 Å². The molecule has 2 aliphatic rings. The summed E-state index contributed by atoms with van der Waals surface area (Å²) in [6.07, 6.45) is 4.64. The number of fused-ring (bicyclic) bond motifs is 1. The Morgan fingerprint density at radius 1 is 1.55 bits per heavy atom. The van der Waals surface area contributed by atoms with Gasteiger partial charge in [-0.3, -0.25) is 15.0 Å². The molecule has 0 aromatic rings. The Morgan fingerprint density at radius 3 is 3.55 bits per heavy atom. The molecule has 2 heterocycles. The Labute approximate surface area is 65.2 Å². The van der Waals surface area contributed by atoms with Crippen LogP contribution in [0.1, 0.15) is 6.42 Å². The van der Waals surface area contributed by atoms with E-state index in [1.165, 1.54) is 0 Å². The summed E-state index contributed by atoms with van der Waals surface area (Å²) in [4.78, 5) is 12.7. The van der Waals surface area contributed by atoms with Crippen molar-refractivity contribution in [2.45, 2.75) is 12.6 Å². The van der Waals surface area contributed by atoms with Gasteiger partial charge < -0.3 is 5.32 Å². The third-order valence-electron chi connectivity index (χ3n) is 1.72. The lowest BCUT2D eigenvalue weighted by atomic mass is 10.3. The van der Waals surface area contributed by atoms with Gasteiger partial charge in [-0.1, -0.05) is 0 Å². The van der Waals surface area contributed by atoms with Crippen molar-refractivity contribution in [2.24, 2.45) is 15.0 Å². The second-order valence-electron chi connectivity index (χ2n) is 2.53. The van der Waals surface area contributed by atoms with Crippen LogP contribution in [-0.4, -0.2) is 37.5 Å². The van der Waals surface area contributed by atoms with Gasteiger partial charge in [0.15, 0.2) is 6.17 Å². The third kappa shape index (κ3) is 1.29. The van der Waals surface area contributed by atoms with Crippen LogP contribution in [0.5, 0.6) is 0 Å². The standard InChI is InChI=1S/C7H10N4/c1-2-9-6-4-8-5-11-7(6)10-3-1/h3,5,7H,1-2,4H2,(H,8,11). The molecule has 0 fully saturated rings. The first-order valence-corrected chi connectivity index (χ1v) is 3.76. The summed E-state index contributed by atoms with van der Waals surface area (Å²) in [6, 6.07) is 0. The van der Waals surface area contributed by atoms with E-state index in [0.29, 0.717) is 6.54 Å². The molecule has 0 aliphatic carbocycles. The molecule has 0 amide bonds. The van der Waals surface area contributed by atoms with Gasteiger partial charge in [-0.25, -0.2) is 0 Å². The van der Waals surface area contributed by atoms with Gasteiger partial charge in [-0.2, -0.15) is 0 Å². The highest BCUT2D eigenvalue weighted by molar-refractivity contribution is 5.96. The van der Waals surface area contributed by atoms with Crippen LogP contribution in [0.3, 0.4) is 0 Å². The van der Waals surface area contributed by atoms with Crippen LogP contribution >= 0.6 is 0 Å². The minimum Gasteiger partial charge on any atom is -0.350 e. The first kappa shape index (κ1) is 6.52. The number of hydrogen-bond acceptors (Lipinski definition) is 4. The monoisotopic (exact) mass is 150 g/mol. The van der Waals surface area contributed by atoms with Gasteiger partial charge in [0, 0.05) is 19.2 Å². The van der Waals surface area contributed by atoms with Gasteiger partial charge in [0.05, 0.1) is 18.6 Å². The Morgan fingerprint density at radius 2 is 2.55 bits per heavy atom. The number of rotatable bonds is 0. The summed E-state index contributed by atoms with van der Waals surface area (Å²) >= 11 is 0. The molecule has 0 saturated heterocycles. The van der Waals surface area contributed by atoms with Crippen molar-refractivity contribution in [1.29, 1.82) is 0 Å². The first-order chi connectivity index (χ1) is 5.47. The van der Waals surface area contributed by atoms with Crippen molar-refractivity contribution in [1.82, 2.24) is 5.32 Å². The fourth-order valence-electron chi connectivity index (χ4n) is 1.16. The quantitative estimate of drug-likeness (QED) is 0.513. The van der Waals surface area contributed by atoms with Crippen LogP contribution in [-0.2, 0) is 0 Å². The maximum Gasteiger partial charge on any atom is 0.159 e. The fourth-order valence-corrected chi connectivity index (χ4v) is 1.16. The van der Waals surface area contributed by atoms with Crippen molar-refractivity contribution in [3.8, 4) is 0 Å². The minimum absolute atomic E-state index is 0.0648. The van der Waals surface area contributed by atoms with E-state index in [2.05, 4.69) is 20.3 Å². The van der Waals surface area contributed by atoms with Crippen LogP contribution in [0.25, 0.3) is 0 Å². The minimum atomic E-state index is 0.0648. The molecular weight excluding hydrogens is 140 g/mol. The van der Waals surface area contributed by atoms with E-state index in [1.807, 2.05) is 6.21 Å². The highest BCUT2D eigenvalue weighted by Crippen LogP contribution is 2.00. The number of hydrogen-bond donors (Lipinski definition) is 1. The lowest BCUT2D eigenvalue weighted by Gasteiger charge is -2.16. The van der Waals surface area contributed by atoms with E-state index >= 15 is 0 Å². The van der Waals surface area contributed by atoms with Gasteiger partial charge >= 0.3 is 0 Å². The second-order valence-corrected chi connectivity index (χ2v) is 2.53. The molecule has 4 heteroatoms. The molecule has 4 nitrogen and oxygen atoms in total. The molecule has 0 saturated carbocycles. The zero-order valence-corrected chi connectivity index (χ0v) is 6.20. The van der Waals surface area contributed by atoms with Gasteiger partial charge in [0.1, 0.15) is 0 Å². The highest BCUT2D eigenvalue weighted by Gasteiger charge is 2.16. The number of nitrogens with one attached hydrogen (secondary N) is 1. The first-order valence-electron chi connectivity index (χ1n) is 3.76. The normalized spacial score (nSPS) is 28.4. The zero-order valence-electron chi connectivity index (χ0n) is 6.20. The van der Waals surface area contributed by atoms with Gasteiger partial charge in [0.25, 0.3) is 0 Å². The smallest absolute Gasteiger partial charge is 0.159 e. The van der Waals surface area contributed by atoms with Crippen molar-refractivity contribution >= 4 is 18.3 Å². The molecule has 0 spiro atoms. The van der Waals surface area contributed by atoms with E-state index in [1.54, 1.807) is 6.34 Å². The Hall–Kier alpha value is -1.19. The largest absolute Gasteiger partial charge is 0.350 e. The summed E-state index contributed by atoms with van der Waals surface area (Å²) < 4.78 is 0. The van der Waals surface area contributed by atoms with E-state index in [-0.39, 0.29) is 6.17 Å². The SMILES string of the molecule is C1=NCC2=NCCC=NC2N1. The lowest BCUT2D eigenvalue weighted by molar-refractivity contribution is 0.792. The van der Waals surface area contributed by atoms with Crippen molar-refractivity contribution in [3.05, 3.63) is 0 Å². The van der Waals surface area contributed by atoms with Gasteiger partial charge in [0.2, 0.25) is 0 Å². The average molecular weight is 150 g/mol. The van der Waals surface area contributed by atoms with Gasteiger partial charge in [-0.15, -0.1) is 0 Å². The topological polar surface area (TPSA) is 49.1 Å². The summed E-state index contributed by atoms with van der Waals surface area (Å²) in [5, 5.41) is 3.04. The van der Waals surface area contributed by atoms with E-state index < -0.39 is 0 Å². The van der Waals surface area contributed by atoms with Gasteiger partial charge in [-0.05, 0) is 0 Å². The van der Waals surface area contributed by atoms with Crippen LogP contribution in [0, 0.1) is 0 Å². The molecule has 2 aliphatic heterocycles. The van der Waals surface area contributed by atoms with Crippen molar-refractivity contribution in [2.75, 3.05) is 13.1 Å². The highest BCUT2D eigenvalue weighted by atomic mass is 15.1. The van der Waals surface area contributed by atoms with Crippen LogP contribution in [0.2, 0.25) is 0 Å².